The van der Waals surface area contributed by atoms with Crippen LogP contribution in [0.3, 0.4) is 0 Å². The first-order valence-electron chi connectivity index (χ1n) is 6.52. The third-order valence-electron chi connectivity index (χ3n) is 2.67. The van der Waals surface area contributed by atoms with Gasteiger partial charge in [-0.15, -0.1) is 11.3 Å². The van der Waals surface area contributed by atoms with Crippen LogP contribution in [0.25, 0.3) is 6.08 Å². The maximum absolute atomic E-state index is 11.6. The first-order chi connectivity index (χ1) is 8.61. The van der Waals surface area contributed by atoms with Gasteiger partial charge in [0.15, 0.2) is 0 Å². The van der Waals surface area contributed by atoms with Crippen molar-refractivity contribution in [2.45, 2.75) is 52.5 Å². The Morgan fingerprint density at radius 3 is 2.94 bits per heavy atom. The van der Waals surface area contributed by atoms with Crippen molar-refractivity contribution in [2.75, 3.05) is 0 Å². The molecular weight excluding hydrogens is 244 g/mol. The highest BCUT2D eigenvalue weighted by Gasteiger charge is 2.04. The molecule has 0 radical (unpaired) electrons. The smallest absolute Gasteiger partial charge is 0.244 e. The van der Waals surface area contributed by atoms with Gasteiger partial charge in [0.1, 0.15) is 0 Å². The largest absolute Gasteiger partial charge is 0.350 e. The summed E-state index contributed by atoms with van der Waals surface area (Å²) in [4.78, 5) is 15.9. The number of unbranched alkanes of at least 4 members (excludes halogenated alkanes) is 2. The van der Waals surface area contributed by atoms with Crippen LogP contribution >= 0.6 is 11.3 Å². The van der Waals surface area contributed by atoms with E-state index >= 15 is 0 Å². The minimum Gasteiger partial charge on any atom is -0.350 e. The average molecular weight is 266 g/mol. The van der Waals surface area contributed by atoms with Gasteiger partial charge in [-0.1, -0.05) is 26.2 Å². The molecule has 0 fully saturated rings. The molecule has 0 bridgehead atoms. The van der Waals surface area contributed by atoms with Crippen molar-refractivity contribution in [1.29, 1.82) is 0 Å². The predicted octanol–water partition coefficient (Wildman–Crippen LogP) is 3.55. The molecule has 1 heterocycles. The highest BCUT2D eigenvalue weighted by Crippen LogP contribution is 2.09. The summed E-state index contributed by atoms with van der Waals surface area (Å²) in [5.74, 6) is -0.0374. The molecule has 3 nitrogen and oxygen atoms in total. The Balaban J connectivity index is 2.30. The summed E-state index contributed by atoms with van der Waals surface area (Å²) in [5.41, 5.74) is 0.853. The number of aryl methyl sites for hydroxylation is 1. The van der Waals surface area contributed by atoms with E-state index in [1.54, 1.807) is 23.5 Å². The van der Waals surface area contributed by atoms with Crippen LogP contribution in [0.15, 0.2) is 11.5 Å². The number of rotatable bonds is 7. The summed E-state index contributed by atoms with van der Waals surface area (Å²) in [7, 11) is 0. The Kier molecular flexibility index (Phi) is 6.65. The molecule has 1 aromatic rings. The van der Waals surface area contributed by atoms with Crippen LogP contribution in [-0.4, -0.2) is 16.9 Å². The molecular formula is C14H22N2OS. The molecule has 4 heteroatoms. The van der Waals surface area contributed by atoms with Crippen molar-refractivity contribution in [1.82, 2.24) is 10.3 Å². The molecule has 1 unspecified atom stereocenters. The number of hydrogen-bond donors (Lipinski definition) is 1. The van der Waals surface area contributed by atoms with Gasteiger partial charge in [-0.05, 0) is 26.3 Å². The molecule has 1 amide bonds. The van der Waals surface area contributed by atoms with Gasteiger partial charge in [0, 0.05) is 17.5 Å². The lowest BCUT2D eigenvalue weighted by Gasteiger charge is -2.11. The molecule has 100 valence electrons. The fourth-order valence-electron chi connectivity index (χ4n) is 1.68. The Morgan fingerprint density at radius 2 is 2.33 bits per heavy atom. The van der Waals surface area contributed by atoms with Crippen molar-refractivity contribution < 1.29 is 4.79 Å². The zero-order chi connectivity index (χ0) is 13.4. The first kappa shape index (κ1) is 14.9. The fraction of sp³-hybridized carbons (Fsp3) is 0.571. The van der Waals surface area contributed by atoms with E-state index in [0.717, 1.165) is 17.1 Å². The zero-order valence-corrected chi connectivity index (χ0v) is 12.2. The van der Waals surface area contributed by atoms with Crippen molar-refractivity contribution in [3.63, 3.8) is 0 Å². The van der Waals surface area contributed by atoms with E-state index in [4.69, 9.17) is 0 Å². The molecule has 1 aromatic heterocycles. The van der Waals surface area contributed by atoms with Crippen LogP contribution in [0, 0.1) is 6.92 Å². The summed E-state index contributed by atoms with van der Waals surface area (Å²) in [6.45, 7) is 6.19. The molecule has 0 aromatic carbocycles. The van der Waals surface area contributed by atoms with E-state index < -0.39 is 0 Å². The lowest BCUT2D eigenvalue weighted by molar-refractivity contribution is -0.117. The summed E-state index contributed by atoms with van der Waals surface area (Å²) in [5, 5.41) is 5.93. The molecule has 18 heavy (non-hydrogen) atoms. The van der Waals surface area contributed by atoms with Crippen LogP contribution in [0.4, 0.5) is 0 Å². The van der Waals surface area contributed by atoms with Gasteiger partial charge in [0.25, 0.3) is 0 Å². The van der Waals surface area contributed by atoms with E-state index in [1.807, 2.05) is 19.2 Å². The Labute approximate surface area is 113 Å². The standard InChI is InChI=1S/C14H22N2OS/c1-4-5-6-7-11(2)15-14(17)9-8-13-10-18-12(3)16-13/h8-11H,4-7H2,1-3H3,(H,15,17)/b9-8+. The van der Waals surface area contributed by atoms with Gasteiger partial charge < -0.3 is 5.32 Å². The lowest BCUT2D eigenvalue weighted by atomic mass is 10.1. The van der Waals surface area contributed by atoms with Gasteiger partial charge in [0.05, 0.1) is 10.7 Å². The molecule has 0 saturated heterocycles. The van der Waals surface area contributed by atoms with Gasteiger partial charge in [0.2, 0.25) is 5.91 Å². The zero-order valence-electron chi connectivity index (χ0n) is 11.4. The molecule has 1 N–H and O–H groups in total. The van der Waals surface area contributed by atoms with Crippen LogP contribution in [0.5, 0.6) is 0 Å². The maximum Gasteiger partial charge on any atom is 0.244 e. The van der Waals surface area contributed by atoms with E-state index in [1.165, 1.54) is 19.3 Å². The third kappa shape index (κ3) is 5.96. The summed E-state index contributed by atoms with van der Waals surface area (Å²) >= 11 is 1.59. The van der Waals surface area contributed by atoms with Crippen LogP contribution in [0.2, 0.25) is 0 Å². The predicted molar refractivity (Wildman–Crippen MR) is 77.6 cm³/mol. The van der Waals surface area contributed by atoms with E-state index in [9.17, 15) is 4.79 Å². The molecule has 0 spiro atoms. The molecule has 0 saturated carbocycles. The number of carbonyl (C=O) groups is 1. The van der Waals surface area contributed by atoms with Gasteiger partial charge in [-0.25, -0.2) is 4.98 Å². The number of thiazole rings is 1. The Hall–Kier alpha value is -1.16. The molecule has 0 aliphatic rings. The van der Waals surface area contributed by atoms with Gasteiger partial charge in [-0.2, -0.15) is 0 Å². The van der Waals surface area contributed by atoms with E-state index in [0.29, 0.717) is 0 Å². The fourth-order valence-corrected chi connectivity index (χ4v) is 2.26. The SMILES string of the molecule is CCCCCC(C)NC(=O)/C=C/c1csc(C)n1. The minimum absolute atomic E-state index is 0.0374. The van der Waals surface area contributed by atoms with Crippen LogP contribution in [-0.2, 0) is 4.79 Å². The summed E-state index contributed by atoms with van der Waals surface area (Å²) < 4.78 is 0. The topological polar surface area (TPSA) is 42.0 Å². The van der Waals surface area contributed by atoms with Crippen molar-refractivity contribution in [3.8, 4) is 0 Å². The first-order valence-corrected chi connectivity index (χ1v) is 7.40. The lowest BCUT2D eigenvalue weighted by Crippen LogP contribution is -2.30. The van der Waals surface area contributed by atoms with Crippen LogP contribution in [0.1, 0.15) is 50.2 Å². The molecule has 0 aliphatic carbocycles. The average Bonchev–Trinajstić information content (AvgIpc) is 2.73. The normalized spacial score (nSPS) is 12.8. The minimum atomic E-state index is -0.0374. The van der Waals surface area contributed by atoms with E-state index in [2.05, 4.69) is 17.2 Å². The van der Waals surface area contributed by atoms with Crippen molar-refractivity contribution in [3.05, 3.63) is 22.2 Å². The monoisotopic (exact) mass is 266 g/mol. The second kappa shape index (κ2) is 8.03. The second-order valence-electron chi connectivity index (χ2n) is 4.53. The number of aromatic nitrogens is 1. The summed E-state index contributed by atoms with van der Waals surface area (Å²) in [6.07, 6.45) is 7.98. The third-order valence-corrected chi connectivity index (χ3v) is 3.46. The Morgan fingerprint density at radius 1 is 1.56 bits per heavy atom. The quantitative estimate of drug-likeness (QED) is 0.606. The van der Waals surface area contributed by atoms with Crippen LogP contribution < -0.4 is 5.32 Å². The number of nitrogens with one attached hydrogen (secondary N) is 1. The maximum atomic E-state index is 11.6. The van der Waals surface area contributed by atoms with Crippen molar-refractivity contribution >= 4 is 23.3 Å². The number of nitrogens with zero attached hydrogens (tertiary/aromatic N) is 1. The summed E-state index contributed by atoms with van der Waals surface area (Å²) in [6, 6.07) is 0.242. The number of carbonyl (C=O) groups excluding carboxylic acids is 1. The molecule has 1 rings (SSSR count). The highest BCUT2D eigenvalue weighted by atomic mass is 32.1. The highest BCUT2D eigenvalue weighted by molar-refractivity contribution is 7.09. The number of hydrogen-bond acceptors (Lipinski definition) is 3. The molecule has 0 aliphatic heterocycles. The Bertz CT molecular complexity index is 398. The van der Waals surface area contributed by atoms with E-state index in [-0.39, 0.29) is 11.9 Å². The molecule has 1 atom stereocenters. The number of amides is 1. The second-order valence-corrected chi connectivity index (χ2v) is 5.59. The van der Waals surface area contributed by atoms with Gasteiger partial charge >= 0.3 is 0 Å². The van der Waals surface area contributed by atoms with Gasteiger partial charge in [-0.3, -0.25) is 4.79 Å². The van der Waals surface area contributed by atoms with Crippen molar-refractivity contribution in [2.24, 2.45) is 0 Å².